The van der Waals surface area contributed by atoms with Crippen LogP contribution in [-0.2, 0) is 10.0 Å². The summed E-state index contributed by atoms with van der Waals surface area (Å²) in [5.74, 6) is 0.499. The van der Waals surface area contributed by atoms with Gasteiger partial charge in [-0.25, -0.2) is 0 Å². The van der Waals surface area contributed by atoms with Crippen LogP contribution >= 0.6 is 11.6 Å². The van der Waals surface area contributed by atoms with E-state index in [9.17, 15) is 8.42 Å². The number of hydrogen-bond donors (Lipinski definition) is 1. The van der Waals surface area contributed by atoms with Gasteiger partial charge in [-0.05, 0) is 43.3 Å². The third-order valence-corrected chi connectivity index (χ3v) is 3.81. The molecule has 19 heavy (non-hydrogen) atoms. The molecule has 0 spiro atoms. The summed E-state index contributed by atoms with van der Waals surface area (Å²) in [7, 11) is -3.70. The summed E-state index contributed by atoms with van der Waals surface area (Å²) in [6.07, 6.45) is 1.49. The Hall–Kier alpha value is -1.79. The van der Waals surface area contributed by atoms with E-state index in [1.807, 2.05) is 0 Å². The lowest BCUT2D eigenvalue weighted by atomic mass is 10.3. The maximum atomic E-state index is 11.9. The molecule has 1 heterocycles. The van der Waals surface area contributed by atoms with Crippen LogP contribution < -0.4 is 4.83 Å². The van der Waals surface area contributed by atoms with Crippen molar-refractivity contribution in [1.29, 1.82) is 0 Å². The highest BCUT2D eigenvalue weighted by Gasteiger charge is 2.13. The Morgan fingerprint density at radius 1 is 1.26 bits per heavy atom. The van der Waals surface area contributed by atoms with Crippen molar-refractivity contribution in [3.05, 3.63) is 53.4 Å². The molecule has 0 aliphatic carbocycles. The van der Waals surface area contributed by atoms with Crippen LogP contribution in [-0.4, -0.2) is 14.1 Å². The van der Waals surface area contributed by atoms with Crippen LogP contribution in [0.25, 0.3) is 0 Å². The Morgan fingerprint density at radius 2 is 1.95 bits per heavy atom. The van der Waals surface area contributed by atoms with Crippen molar-refractivity contribution in [3.63, 3.8) is 0 Å². The molecule has 1 aromatic heterocycles. The standard InChI is InChI=1S/C12H11ClN2O3S/c1-9(12-3-2-8-18-12)14-15-19(16,17)11-6-4-10(13)5-7-11/h2-8,15H,1H3/b14-9+. The van der Waals surface area contributed by atoms with Crippen molar-refractivity contribution in [3.8, 4) is 0 Å². The van der Waals surface area contributed by atoms with Crippen molar-refractivity contribution in [1.82, 2.24) is 4.83 Å². The summed E-state index contributed by atoms with van der Waals surface area (Å²) in [6, 6.07) is 9.20. The predicted molar refractivity (Wildman–Crippen MR) is 72.7 cm³/mol. The van der Waals surface area contributed by atoms with Crippen molar-refractivity contribution in [2.45, 2.75) is 11.8 Å². The molecule has 0 saturated carbocycles. The Kier molecular flexibility index (Phi) is 3.92. The summed E-state index contributed by atoms with van der Waals surface area (Å²) >= 11 is 5.70. The fourth-order valence-corrected chi connectivity index (χ4v) is 2.32. The van der Waals surface area contributed by atoms with E-state index >= 15 is 0 Å². The van der Waals surface area contributed by atoms with Gasteiger partial charge >= 0.3 is 0 Å². The average molecular weight is 299 g/mol. The number of furan rings is 1. The van der Waals surface area contributed by atoms with Gasteiger partial charge in [0.1, 0.15) is 11.5 Å². The van der Waals surface area contributed by atoms with Crippen LogP contribution in [0, 0.1) is 0 Å². The molecule has 1 N–H and O–H groups in total. The number of halogens is 1. The van der Waals surface area contributed by atoms with Crippen LogP contribution in [0.5, 0.6) is 0 Å². The maximum Gasteiger partial charge on any atom is 0.276 e. The number of sulfonamides is 1. The van der Waals surface area contributed by atoms with Gasteiger partial charge in [0.05, 0.1) is 11.2 Å². The second-order valence-corrected chi connectivity index (χ2v) is 5.82. The third-order valence-electron chi connectivity index (χ3n) is 2.34. The smallest absolute Gasteiger partial charge is 0.276 e. The number of nitrogens with zero attached hydrogens (tertiary/aromatic N) is 1. The molecule has 0 unspecified atom stereocenters. The van der Waals surface area contributed by atoms with Gasteiger partial charge in [-0.1, -0.05) is 11.6 Å². The van der Waals surface area contributed by atoms with E-state index < -0.39 is 10.0 Å². The molecular weight excluding hydrogens is 288 g/mol. The van der Waals surface area contributed by atoms with Gasteiger partial charge < -0.3 is 4.42 Å². The zero-order chi connectivity index (χ0) is 13.9. The van der Waals surface area contributed by atoms with Gasteiger partial charge in [-0.3, -0.25) is 0 Å². The molecule has 0 aliphatic rings. The molecule has 0 radical (unpaired) electrons. The van der Waals surface area contributed by atoms with Gasteiger partial charge in [-0.2, -0.15) is 18.4 Å². The minimum atomic E-state index is -3.70. The second kappa shape index (κ2) is 5.46. The van der Waals surface area contributed by atoms with Crippen molar-refractivity contribution in [2.75, 3.05) is 0 Å². The topological polar surface area (TPSA) is 71.7 Å². The van der Waals surface area contributed by atoms with Crippen LogP contribution in [0.15, 0.2) is 57.1 Å². The van der Waals surface area contributed by atoms with E-state index in [2.05, 4.69) is 9.93 Å². The highest BCUT2D eigenvalue weighted by molar-refractivity contribution is 7.89. The van der Waals surface area contributed by atoms with Crippen LogP contribution in [0.1, 0.15) is 12.7 Å². The van der Waals surface area contributed by atoms with E-state index in [-0.39, 0.29) is 4.90 Å². The number of hydrazone groups is 1. The van der Waals surface area contributed by atoms with Crippen molar-refractivity contribution < 1.29 is 12.8 Å². The molecule has 0 aliphatic heterocycles. The van der Waals surface area contributed by atoms with Crippen molar-refractivity contribution in [2.24, 2.45) is 5.10 Å². The van der Waals surface area contributed by atoms with Gasteiger partial charge in [0.15, 0.2) is 0 Å². The third kappa shape index (κ3) is 3.36. The molecule has 5 nitrogen and oxygen atoms in total. The first-order chi connectivity index (χ1) is 8.99. The highest BCUT2D eigenvalue weighted by atomic mass is 35.5. The largest absolute Gasteiger partial charge is 0.463 e. The van der Waals surface area contributed by atoms with Gasteiger partial charge in [0, 0.05) is 5.02 Å². The monoisotopic (exact) mass is 298 g/mol. The number of rotatable bonds is 4. The van der Waals surface area contributed by atoms with Crippen molar-refractivity contribution >= 4 is 27.3 Å². The van der Waals surface area contributed by atoms with E-state index in [1.54, 1.807) is 19.1 Å². The summed E-state index contributed by atoms with van der Waals surface area (Å²) < 4.78 is 29.0. The van der Waals surface area contributed by atoms with Crippen LogP contribution in [0.2, 0.25) is 5.02 Å². The van der Waals surface area contributed by atoms with E-state index in [4.69, 9.17) is 16.0 Å². The molecule has 100 valence electrons. The van der Waals surface area contributed by atoms with Gasteiger partial charge in [-0.15, -0.1) is 0 Å². The summed E-state index contributed by atoms with van der Waals surface area (Å²) in [5, 5.41) is 4.26. The molecule has 0 saturated heterocycles. The number of hydrogen-bond acceptors (Lipinski definition) is 4. The minimum Gasteiger partial charge on any atom is -0.463 e. The Balaban J connectivity index is 2.18. The molecular formula is C12H11ClN2O3S. The molecule has 7 heteroatoms. The Labute approximate surface area is 115 Å². The summed E-state index contributed by atoms with van der Waals surface area (Å²) in [5.41, 5.74) is 0.433. The number of nitrogens with one attached hydrogen (secondary N) is 1. The Bertz CT molecular complexity index is 676. The fraction of sp³-hybridized carbons (Fsp3) is 0.0833. The van der Waals surface area contributed by atoms with E-state index in [0.29, 0.717) is 16.5 Å². The zero-order valence-electron chi connectivity index (χ0n) is 10.00. The molecule has 0 atom stereocenters. The summed E-state index contributed by atoms with van der Waals surface area (Å²) in [4.78, 5) is 2.23. The van der Waals surface area contributed by atoms with E-state index in [1.165, 1.54) is 30.5 Å². The lowest BCUT2D eigenvalue weighted by molar-refractivity contribution is 0.556. The van der Waals surface area contributed by atoms with Gasteiger partial charge in [0.25, 0.3) is 10.0 Å². The lowest BCUT2D eigenvalue weighted by Gasteiger charge is -2.04. The molecule has 0 amide bonds. The second-order valence-electron chi connectivity index (χ2n) is 3.72. The number of benzene rings is 1. The van der Waals surface area contributed by atoms with Crippen LogP contribution in [0.3, 0.4) is 0 Å². The first kappa shape index (κ1) is 13.6. The Morgan fingerprint density at radius 3 is 2.53 bits per heavy atom. The fourth-order valence-electron chi connectivity index (χ4n) is 1.33. The van der Waals surface area contributed by atoms with E-state index in [0.717, 1.165) is 0 Å². The quantitative estimate of drug-likeness (QED) is 0.696. The normalized spacial score (nSPS) is 12.4. The average Bonchev–Trinajstić information content (AvgIpc) is 2.90. The SMILES string of the molecule is C/C(=N\NS(=O)(=O)c1ccc(Cl)cc1)c1ccco1. The highest BCUT2D eigenvalue weighted by Crippen LogP contribution is 2.13. The predicted octanol–water partition coefficient (Wildman–Crippen LogP) is 2.64. The lowest BCUT2D eigenvalue weighted by Crippen LogP contribution is -2.19. The molecule has 2 aromatic rings. The molecule has 0 bridgehead atoms. The first-order valence-electron chi connectivity index (χ1n) is 5.34. The maximum absolute atomic E-state index is 11.9. The minimum absolute atomic E-state index is 0.0906. The molecule has 1 aromatic carbocycles. The molecule has 0 fully saturated rings. The zero-order valence-corrected chi connectivity index (χ0v) is 11.6. The van der Waals surface area contributed by atoms with Gasteiger partial charge in [0.2, 0.25) is 0 Å². The summed E-state index contributed by atoms with van der Waals surface area (Å²) in [6.45, 7) is 1.64. The first-order valence-corrected chi connectivity index (χ1v) is 7.21. The molecule has 2 rings (SSSR count). The van der Waals surface area contributed by atoms with Crippen LogP contribution in [0.4, 0.5) is 0 Å².